The summed E-state index contributed by atoms with van der Waals surface area (Å²) in [5, 5.41) is 10.8. The lowest BCUT2D eigenvalue weighted by atomic mass is 9.62. The van der Waals surface area contributed by atoms with Crippen molar-refractivity contribution in [3.8, 4) is 0 Å². The second-order valence-corrected chi connectivity index (χ2v) is 9.85. The molecule has 2 aliphatic rings. The number of rotatable bonds is 3. The third-order valence-electron chi connectivity index (χ3n) is 6.87. The van der Waals surface area contributed by atoms with Gasteiger partial charge in [0.2, 0.25) is 0 Å². The molecule has 1 nitrogen and oxygen atoms in total. The number of aliphatic hydroxyl groups excluding tert-OH is 1. The molecule has 2 aliphatic carbocycles. The molecule has 146 valence electrons. The summed E-state index contributed by atoms with van der Waals surface area (Å²) in [7, 11) is 0. The third kappa shape index (κ3) is 3.66. The number of benzene rings is 1. The lowest BCUT2D eigenvalue weighted by Gasteiger charge is -2.42. The van der Waals surface area contributed by atoms with Crippen LogP contribution in [0.1, 0.15) is 95.9 Å². The summed E-state index contributed by atoms with van der Waals surface area (Å²) in [4.78, 5) is 0. The van der Waals surface area contributed by atoms with Crippen molar-refractivity contribution in [2.75, 3.05) is 0 Å². The van der Waals surface area contributed by atoms with Gasteiger partial charge in [-0.3, -0.25) is 0 Å². The predicted molar refractivity (Wildman–Crippen MR) is 117 cm³/mol. The monoisotopic (exact) mass is 364 g/mol. The largest absolute Gasteiger partial charge is 0.508 e. The molecule has 0 heterocycles. The minimum atomic E-state index is 0.214. The Kier molecular flexibility index (Phi) is 5.18. The zero-order valence-corrected chi connectivity index (χ0v) is 18.3. The Hall–Kier alpha value is -1.76. The number of hydrogen-bond donors (Lipinski definition) is 1. The summed E-state index contributed by atoms with van der Waals surface area (Å²) in [6, 6.07) is 4.90. The van der Waals surface area contributed by atoms with Crippen LogP contribution in [-0.4, -0.2) is 5.11 Å². The van der Waals surface area contributed by atoms with Crippen molar-refractivity contribution in [3.63, 3.8) is 0 Å². The molecular weight excluding hydrogens is 328 g/mol. The summed E-state index contributed by atoms with van der Waals surface area (Å²) in [5.74, 6) is 0.454. The number of aryl methyl sites for hydroxylation is 1. The Morgan fingerprint density at radius 3 is 2.19 bits per heavy atom. The van der Waals surface area contributed by atoms with Gasteiger partial charge < -0.3 is 5.11 Å². The second-order valence-electron chi connectivity index (χ2n) is 9.85. The molecule has 0 atom stereocenters. The van der Waals surface area contributed by atoms with E-state index in [-0.39, 0.29) is 10.8 Å². The maximum Gasteiger partial charge on any atom is 0.119 e. The Morgan fingerprint density at radius 2 is 1.59 bits per heavy atom. The maximum absolute atomic E-state index is 10.8. The molecule has 1 aromatic carbocycles. The zero-order valence-electron chi connectivity index (χ0n) is 18.3. The summed E-state index contributed by atoms with van der Waals surface area (Å²) in [5.41, 5.74) is 9.79. The fourth-order valence-electron chi connectivity index (χ4n) is 4.76. The minimum absolute atomic E-state index is 0.214. The normalized spacial score (nSPS) is 22.2. The van der Waals surface area contributed by atoms with Crippen LogP contribution in [0.5, 0.6) is 0 Å². The van der Waals surface area contributed by atoms with Crippen LogP contribution in [0.3, 0.4) is 0 Å². The van der Waals surface area contributed by atoms with Gasteiger partial charge in [-0.1, -0.05) is 51.5 Å². The highest BCUT2D eigenvalue weighted by molar-refractivity contribution is 5.77. The van der Waals surface area contributed by atoms with Gasteiger partial charge in [-0.2, -0.15) is 0 Å². The van der Waals surface area contributed by atoms with E-state index in [0.29, 0.717) is 5.76 Å². The lowest BCUT2D eigenvalue weighted by molar-refractivity contribution is 0.331. The molecule has 0 aliphatic heterocycles. The molecule has 0 bridgehead atoms. The maximum atomic E-state index is 10.8. The van der Waals surface area contributed by atoms with E-state index >= 15 is 0 Å². The molecule has 1 heteroatoms. The van der Waals surface area contributed by atoms with Gasteiger partial charge in [-0.25, -0.2) is 0 Å². The molecule has 0 saturated carbocycles. The van der Waals surface area contributed by atoms with E-state index in [9.17, 15) is 5.11 Å². The first-order chi connectivity index (χ1) is 12.6. The van der Waals surface area contributed by atoms with Gasteiger partial charge >= 0.3 is 0 Å². The van der Waals surface area contributed by atoms with Gasteiger partial charge in [0.05, 0.1) is 0 Å². The first-order valence-corrected chi connectivity index (χ1v) is 10.5. The van der Waals surface area contributed by atoms with Crippen LogP contribution in [0.4, 0.5) is 0 Å². The first kappa shape index (κ1) is 20.0. The molecule has 0 radical (unpaired) electrons. The van der Waals surface area contributed by atoms with Crippen molar-refractivity contribution >= 4 is 5.57 Å². The van der Waals surface area contributed by atoms with E-state index in [2.05, 4.69) is 46.8 Å². The fraction of sp³-hybridized carbons (Fsp3) is 0.538. The summed E-state index contributed by atoms with van der Waals surface area (Å²) in [6.07, 6.45) is 9.59. The molecule has 0 fully saturated rings. The molecule has 0 spiro atoms. The molecule has 0 unspecified atom stereocenters. The van der Waals surface area contributed by atoms with Gasteiger partial charge in [-0.05, 0) is 103 Å². The Balaban J connectivity index is 2.18. The molecular formula is C26H36O. The lowest BCUT2D eigenvalue weighted by Crippen LogP contribution is -2.34. The van der Waals surface area contributed by atoms with Gasteiger partial charge in [0.25, 0.3) is 0 Å². The van der Waals surface area contributed by atoms with Crippen molar-refractivity contribution in [1.82, 2.24) is 0 Å². The minimum Gasteiger partial charge on any atom is -0.508 e. The van der Waals surface area contributed by atoms with Crippen molar-refractivity contribution in [2.24, 2.45) is 0 Å². The van der Waals surface area contributed by atoms with E-state index < -0.39 is 0 Å². The molecule has 0 aromatic heterocycles. The summed E-state index contributed by atoms with van der Waals surface area (Å²) >= 11 is 0. The Bertz CT molecular complexity index is 843. The summed E-state index contributed by atoms with van der Waals surface area (Å²) < 4.78 is 0. The Labute approximate surface area is 165 Å². The van der Waals surface area contributed by atoms with E-state index in [4.69, 9.17) is 0 Å². The molecule has 3 rings (SSSR count). The smallest absolute Gasteiger partial charge is 0.119 e. The highest BCUT2D eigenvalue weighted by Crippen LogP contribution is 2.48. The second kappa shape index (κ2) is 7.00. The topological polar surface area (TPSA) is 20.2 Å². The zero-order chi connectivity index (χ0) is 20.0. The summed E-state index contributed by atoms with van der Waals surface area (Å²) in [6.45, 7) is 15.8. The average Bonchev–Trinajstić information content (AvgIpc) is 3.08. The molecule has 1 aromatic rings. The Morgan fingerprint density at radius 1 is 1.00 bits per heavy atom. The molecule has 0 amide bonds. The van der Waals surface area contributed by atoms with Gasteiger partial charge in [0.15, 0.2) is 0 Å². The molecule has 0 saturated heterocycles. The average molecular weight is 365 g/mol. The number of aliphatic hydroxyl groups is 1. The van der Waals surface area contributed by atoms with E-state index in [1.165, 1.54) is 40.7 Å². The molecule has 27 heavy (non-hydrogen) atoms. The van der Waals surface area contributed by atoms with Crippen LogP contribution >= 0.6 is 0 Å². The predicted octanol–water partition coefficient (Wildman–Crippen LogP) is 7.69. The van der Waals surface area contributed by atoms with Crippen molar-refractivity contribution in [3.05, 3.63) is 63.4 Å². The first-order valence-electron chi connectivity index (χ1n) is 10.5. The van der Waals surface area contributed by atoms with Crippen LogP contribution in [0, 0.1) is 6.92 Å². The molecule has 1 N–H and O–H groups in total. The van der Waals surface area contributed by atoms with Crippen molar-refractivity contribution in [1.29, 1.82) is 0 Å². The van der Waals surface area contributed by atoms with Crippen LogP contribution in [-0.2, 0) is 10.8 Å². The number of fused-ring (bicyclic) bond motifs is 1. The number of hydrogen-bond acceptors (Lipinski definition) is 1. The van der Waals surface area contributed by atoms with E-state index in [1.54, 1.807) is 0 Å². The van der Waals surface area contributed by atoms with Gasteiger partial charge in [-0.15, -0.1) is 0 Å². The third-order valence-corrected chi connectivity index (χ3v) is 6.87. The standard InChI is InChI=1S/C26H36O/c1-8-17(2)14-24(27)20-11-9-10-19(20)21-16-23-22(15-18(21)3)25(4,5)12-13-26(23,6)7/h8,14-16,27H,9-13H2,1-7H3/b17-8+,24-14?. The fourth-order valence-corrected chi connectivity index (χ4v) is 4.76. The van der Waals surface area contributed by atoms with Gasteiger partial charge in [0.1, 0.15) is 5.76 Å². The van der Waals surface area contributed by atoms with Crippen LogP contribution < -0.4 is 0 Å². The van der Waals surface area contributed by atoms with E-state index in [1.807, 2.05) is 26.0 Å². The van der Waals surface area contributed by atoms with Crippen LogP contribution in [0.15, 0.2) is 41.2 Å². The highest BCUT2D eigenvalue weighted by atomic mass is 16.3. The quantitative estimate of drug-likeness (QED) is 0.430. The highest BCUT2D eigenvalue weighted by Gasteiger charge is 2.37. The number of allylic oxidation sites excluding steroid dienone is 5. The van der Waals surface area contributed by atoms with Crippen molar-refractivity contribution in [2.45, 2.75) is 91.4 Å². The van der Waals surface area contributed by atoms with E-state index in [0.717, 1.165) is 30.4 Å². The van der Waals surface area contributed by atoms with Crippen LogP contribution in [0.2, 0.25) is 0 Å². The SMILES string of the molecule is C/C=C(\C)C=C(O)C1=C(c2cc3c(cc2C)C(C)(C)CCC3(C)C)CCC1. The van der Waals surface area contributed by atoms with Crippen molar-refractivity contribution < 1.29 is 5.11 Å². The van der Waals surface area contributed by atoms with Crippen LogP contribution in [0.25, 0.3) is 5.57 Å². The van der Waals surface area contributed by atoms with Gasteiger partial charge in [0, 0.05) is 0 Å².